The Kier molecular flexibility index (Phi) is 6.52. The Morgan fingerprint density at radius 3 is 0.662 bits per heavy atom. The molecular formula is C71H40. The van der Waals surface area contributed by atoms with E-state index in [2.05, 4.69) is 243 Å². The van der Waals surface area contributed by atoms with E-state index >= 15 is 0 Å². The van der Waals surface area contributed by atoms with Crippen LogP contribution in [0.4, 0.5) is 0 Å². The fourth-order valence-electron chi connectivity index (χ4n) is 16.0. The summed E-state index contributed by atoms with van der Waals surface area (Å²) in [7, 11) is 0. The maximum atomic E-state index is 2.70. The van der Waals surface area contributed by atoms with Gasteiger partial charge >= 0.3 is 0 Å². The van der Waals surface area contributed by atoms with Gasteiger partial charge in [-0.15, -0.1) is 0 Å². The van der Waals surface area contributed by atoms with Gasteiger partial charge in [-0.1, -0.05) is 218 Å². The summed E-state index contributed by atoms with van der Waals surface area (Å²) in [6.45, 7) is 0. The summed E-state index contributed by atoms with van der Waals surface area (Å²) < 4.78 is 0. The molecule has 0 amide bonds. The SMILES string of the molecule is c1ccc2c(c1)-c1ccccc1C21c2cc3c(cc2-c2cc4c(cc21)-c1cccc2cccc(c12)C41c2ccccc2-c2ccccc21)C1(c2ccccc2-c2ccccc21)c1cccc2cccc-3c12. The van der Waals surface area contributed by atoms with E-state index in [9.17, 15) is 0 Å². The van der Waals surface area contributed by atoms with Gasteiger partial charge in [-0.2, -0.15) is 0 Å². The van der Waals surface area contributed by atoms with Gasteiger partial charge in [-0.05, 0) is 179 Å². The minimum atomic E-state index is -0.574. The van der Waals surface area contributed by atoms with Crippen molar-refractivity contribution in [2.24, 2.45) is 0 Å². The number of rotatable bonds is 0. The van der Waals surface area contributed by atoms with Gasteiger partial charge in [0, 0.05) is 0 Å². The Bertz CT molecular complexity index is 4090. The van der Waals surface area contributed by atoms with Gasteiger partial charge < -0.3 is 0 Å². The highest BCUT2D eigenvalue weighted by Crippen LogP contribution is 2.70. The molecule has 71 heavy (non-hydrogen) atoms. The molecule has 6 aliphatic rings. The average Bonchev–Trinajstić information content (AvgIpc) is 4.15. The Balaban J connectivity index is 1.06. The first-order chi connectivity index (χ1) is 35.2. The maximum Gasteiger partial charge on any atom is 0.0725 e. The maximum absolute atomic E-state index is 2.70. The zero-order valence-electron chi connectivity index (χ0n) is 38.6. The van der Waals surface area contributed by atoms with Crippen LogP contribution in [0.5, 0.6) is 0 Å². The molecule has 12 aromatic carbocycles. The molecule has 0 fully saturated rings. The molecule has 3 spiro atoms. The number of hydrogen-bond acceptors (Lipinski definition) is 0. The van der Waals surface area contributed by atoms with Gasteiger partial charge in [0.05, 0.1) is 16.2 Å². The molecule has 0 heteroatoms. The topological polar surface area (TPSA) is 0 Å². The van der Waals surface area contributed by atoms with Crippen molar-refractivity contribution in [2.45, 2.75) is 16.2 Å². The minimum absolute atomic E-state index is 0.541. The molecule has 0 atom stereocenters. The first-order valence-electron chi connectivity index (χ1n) is 25.2. The molecule has 0 bridgehead atoms. The van der Waals surface area contributed by atoms with E-state index < -0.39 is 16.2 Å². The summed E-state index contributed by atoms with van der Waals surface area (Å²) in [4.78, 5) is 0. The third-order valence-corrected chi connectivity index (χ3v) is 18.3. The molecule has 0 unspecified atom stereocenters. The molecule has 0 radical (unpaired) electrons. The Labute approximate surface area is 411 Å². The standard InChI is InChI=1S/C71H40/c1-7-29-55-43(21-1)44-22-2-8-30-56(44)69(55)61-35-15-19-41-17-13-27-49(67(41)61)51-37-65-53(39-63(51)69)54-40-64-52(38-66(54)71(65)59-33-11-5-25-47(59)48-26-6-12-34-60(48)71)50-28-14-18-42-20-16-36-62(68(42)50)70(64)57-31-9-3-23-45(57)46-24-4-10-32-58(46)70/h1-40H. The van der Waals surface area contributed by atoms with Crippen LogP contribution >= 0.6 is 0 Å². The lowest BCUT2D eigenvalue weighted by atomic mass is 9.60. The van der Waals surface area contributed by atoms with E-state index in [0.717, 1.165) is 0 Å². The fraction of sp³-hybridized carbons (Fsp3) is 0.0423. The Morgan fingerprint density at radius 1 is 0.155 bits per heavy atom. The largest absolute Gasteiger partial charge is 0.0725 e. The molecular weight excluding hydrogens is 853 g/mol. The van der Waals surface area contributed by atoms with Crippen molar-refractivity contribution < 1.29 is 0 Å². The van der Waals surface area contributed by atoms with Crippen molar-refractivity contribution in [2.75, 3.05) is 0 Å². The lowest BCUT2D eigenvalue weighted by molar-refractivity contribution is 0.762. The molecule has 18 rings (SSSR count). The lowest BCUT2D eigenvalue weighted by Gasteiger charge is -2.41. The summed E-state index contributed by atoms with van der Waals surface area (Å²) in [6.07, 6.45) is 0. The Morgan fingerprint density at radius 2 is 0.366 bits per heavy atom. The molecule has 0 aliphatic heterocycles. The van der Waals surface area contributed by atoms with E-state index in [0.29, 0.717) is 0 Å². The molecule has 6 aliphatic carbocycles. The summed E-state index contributed by atoms with van der Waals surface area (Å²) in [5.41, 5.74) is 30.6. The lowest BCUT2D eigenvalue weighted by Crippen LogP contribution is -2.33. The molecule has 0 nitrogen and oxygen atoms in total. The van der Waals surface area contributed by atoms with Gasteiger partial charge in [-0.3, -0.25) is 0 Å². The number of fused-ring (bicyclic) bond motifs is 28. The molecule has 0 N–H and O–H groups in total. The van der Waals surface area contributed by atoms with Gasteiger partial charge in [-0.25, -0.2) is 0 Å². The molecule has 0 saturated heterocycles. The second kappa shape index (κ2) is 12.5. The van der Waals surface area contributed by atoms with Crippen molar-refractivity contribution in [3.05, 3.63) is 309 Å². The van der Waals surface area contributed by atoms with Crippen molar-refractivity contribution in [1.82, 2.24) is 0 Å². The van der Waals surface area contributed by atoms with Crippen LogP contribution in [0.2, 0.25) is 0 Å². The monoisotopic (exact) mass is 892 g/mol. The van der Waals surface area contributed by atoms with Crippen LogP contribution < -0.4 is 0 Å². The fourth-order valence-corrected chi connectivity index (χ4v) is 16.0. The highest BCUT2D eigenvalue weighted by molar-refractivity contribution is 6.11. The van der Waals surface area contributed by atoms with Crippen molar-refractivity contribution in [3.8, 4) is 66.8 Å². The predicted molar refractivity (Wildman–Crippen MR) is 290 cm³/mol. The Hall–Kier alpha value is -8.84. The molecule has 0 aromatic heterocycles. The van der Waals surface area contributed by atoms with Crippen LogP contribution in [0.25, 0.3) is 88.3 Å². The second-order valence-corrected chi connectivity index (χ2v) is 20.8. The molecule has 12 aromatic rings. The van der Waals surface area contributed by atoms with Gasteiger partial charge in [0.2, 0.25) is 0 Å². The van der Waals surface area contributed by atoms with E-state index in [4.69, 9.17) is 0 Å². The first-order valence-corrected chi connectivity index (χ1v) is 25.2. The smallest absolute Gasteiger partial charge is 0.0619 e. The predicted octanol–water partition coefficient (Wildman–Crippen LogP) is 17.0. The van der Waals surface area contributed by atoms with Crippen LogP contribution in [0.1, 0.15) is 66.8 Å². The third-order valence-electron chi connectivity index (χ3n) is 18.3. The molecule has 0 heterocycles. The van der Waals surface area contributed by atoms with Gasteiger partial charge in [0.25, 0.3) is 0 Å². The van der Waals surface area contributed by atoms with E-state index in [1.54, 1.807) is 0 Å². The first kappa shape index (κ1) is 37.1. The summed E-state index contributed by atoms with van der Waals surface area (Å²) >= 11 is 0. The summed E-state index contributed by atoms with van der Waals surface area (Å²) in [6, 6.07) is 94.6. The quantitative estimate of drug-likeness (QED) is 0.142. The van der Waals surface area contributed by atoms with Gasteiger partial charge in [0.1, 0.15) is 0 Å². The normalized spacial score (nSPS) is 15.7. The highest BCUT2D eigenvalue weighted by atomic mass is 14.6. The van der Waals surface area contributed by atoms with E-state index in [1.165, 1.54) is 155 Å². The van der Waals surface area contributed by atoms with Crippen LogP contribution in [0.3, 0.4) is 0 Å². The van der Waals surface area contributed by atoms with Crippen molar-refractivity contribution >= 4 is 21.5 Å². The van der Waals surface area contributed by atoms with Crippen molar-refractivity contribution in [3.63, 3.8) is 0 Å². The number of hydrogen-bond donors (Lipinski definition) is 0. The van der Waals surface area contributed by atoms with Gasteiger partial charge in [0.15, 0.2) is 0 Å². The van der Waals surface area contributed by atoms with Crippen LogP contribution in [0.15, 0.2) is 243 Å². The second-order valence-electron chi connectivity index (χ2n) is 20.8. The van der Waals surface area contributed by atoms with Crippen molar-refractivity contribution in [1.29, 1.82) is 0 Å². The summed E-state index contributed by atoms with van der Waals surface area (Å²) in [5.74, 6) is 0. The molecule has 324 valence electrons. The highest BCUT2D eigenvalue weighted by Gasteiger charge is 2.57. The van der Waals surface area contributed by atoms with Crippen LogP contribution in [0, 0.1) is 0 Å². The van der Waals surface area contributed by atoms with E-state index in [1.807, 2.05) is 0 Å². The van der Waals surface area contributed by atoms with Crippen LogP contribution in [-0.2, 0) is 16.2 Å². The van der Waals surface area contributed by atoms with E-state index in [-0.39, 0.29) is 0 Å². The minimum Gasteiger partial charge on any atom is -0.0619 e. The number of benzene rings is 12. The zero-order valence-corrected chi connectivity index (χ0v) is 38.6. The molecule has 0 saturated carbocycles. The third kappa shape index (κ3) is 3.94. The van der Waals surface area contributed by atoms with Crippen LogP contribution in [-0.4, -0.2) is 0 Å². The summed E-state index contributed by atoms with van der Waals surface area (Å²) in [5, 5.41) is 5.27. The average molecular weight is 893 g/mol. The zero-order chi connectivity index (χ0) is 46.0.